The standard InChI is InChI=1S/C15H13F3N4O5S2/c1-21(28(2,23)24)12-6-4-3-5-11(12)13-8-7-10-9-19-14(20-22(10)13)27-29(25,26)15(16,17)18/h3-9H,1-2H3. The molecule has 0 saturated carbocycles. The van der Waals surface area contributed by atoms with Crippen molar-refractivity contribution in [3.63, 3.8) is 0 Å². The summed E-state index contributed by atoms with van der Waals surface area (Å²) in [5.41, 5.74) is -4.39. The van der Waals surface area contributed by atoms with Crippen molar-refractivity contribution < 1.29 is 34.2 Å². The molecule has 2 heterocycles. The van der Waals surface area contributed by atoms with E-state index in [-0.39, 0.29) is 11.4 Å². The van der Waals surface area contributed by atoms with Crippen LogP contribution in [-0.2, 0) is 20.1 Å². The molecule has 156 valence electrons. The molecule has 0 bridgehead atoms. The largest absolute Gasteiger partial charge is 0.534 e. The molecule has 0 atom stereocenters. The molecular weight excluding hydrogens is 437 g/mol. The molecule has 1 aromatic carbocycles. The summed E-state index contributed by atoms with van der Waals surface area (Å²) in [7, 11) is -8.22. The first-order valence-electron chi connectivity index (χ1n) is 7.70. The monoisotopic (exact) mass is 450 g/mol. The third-order valence-electron chi connectivity index (χ3n) is 3.86. The summed E-state index contributed by atoms with van der Waals surface area (Å²) in [4.78, 5) is 3.47. The van der Waals surface area contributed by atoms with Gasteiger partial charge in [-0.3, -0.25) is 4.31 Å². The summed E-state index contributed by atoms with van der Waals surface area (Å²) in [6.45, 7) is 0. The molecular formula is C15H13F3N4O5S2. The normalized spacial score (nSPS) is 12.9. The number of aromatic nitrogens is 3. The van der Waals surface area contributed by atoms with E-state index < -0.39 is 31.7 Å². The van der Waals surface area contributed by atoms with Gasteiger partial charge in [0, 0.05) is 12.6 Å². The Morgan fingerprint density at radius 1 is 1.07 bits per heavy atom. The highest BCUT2D eigenvalue weighted by Crippen LogP contribution is 2.32. The molecule has 9 nitrogen and oxygen atoms in total. The van der Waals surface area contributed by atoms with Gasteiger partial charge in [0.1, 0.15) is 0 Å². The lowest BCUT2D eigenvalue weighted by Gasteiger charge is -2.20. The summed E-state index contributed by atoms with van der Waals surface area (Å²) in [5.74, 6) is 0. The van der Waals surface area contributed by atoms with Crippen LogP contribution in [0, 0.1) is 0 Å². The van der Waals surface area contributed by atoms with Gasteiger partial charge in [0.05, 0.1) is 29.4 Å². The molecule has 3 aromatic rings. The number of alkyl halides is 3. The number of anilines is 1. The first kappa shape index (κ1) is 20.9. The fraction of sp³-hybridized carbons (Fsp3) is 0.200. The van der Waals surface area contributed by atoms with Gasteiger partial charge in [0.15, 0.2) is 0 Å². The lowest BCUT2D eigenvalue weighted by atomic mass is 10.1. The van der Waals surface area contributed by atoms with Crippen LogP contribution in [0.3, 0.4) is 0 Å². The van der Waals surface area contributed by atoms with E-state index in [1.54, 1.807) is 18.2 Å². The molecule has 0 fully saturated rings. The first-order chi connectivity index (χ1) is 13.3. The van der Waals surface area contributed by atoms with E-state index in [1.165, 1.54) is 25.2 Å². The molecule has 0 radical (unpaired) electrons. The van der Waals surface area contributed by atoms with Gasteiger partial charge in [-0.2, -0.15) is 26.6 Å². The highest BCUT2D eigenvalue weighted by atomic mass is 32.2. The van der Waals surface area contributed by atoms with Crippen LogP contribution in [0.2, 0.25) is 0 Å². The van der Waals surface area contributed by atoms with Gasteiger partial charge in [0.2, 0.25) is 10.0 Å². The van der Waals surface area contributed by atoms with Crippen molar-refractivity contribution in [1.29, 1.82) is 0 Å². The van der Waals surface area contributed by atoms with E-state index >= 15 is 0 Å². The Labute approximate surface area is 163 Å². The smallest absolute Gasteiger partial charge is 0.335 e. The minimum Gasteiger partial charge on any atom is -0.335 e. The summed E-state index contributed by atoms with van der Waals surface area (Å²) in [6, 6.07) is 8.35. The van der Waals surface area contributed by atoms with Gasteiger partial charge in [-0.25, -0.2) is 12.9 Å². The van der Waals surface area contributed by atoms with Crippen LogP contribution in [-0.4, -0.2) is 50.2 Å². The highest BCUT2D eigenvalue weighted by Gasteiger charge is 2.49. The summed E-state index contributed by atoms with van der Waals surface area (Å²) < 4.78 is 89.9. The number of para-hydroxylation sites is 1. The Bertz CT molecular complexity index is 1290. The maximum Gasteiger partial charge on any atom is 0.534 e. The third kappa shape index (κ3) is 3.98. The van der Waals surface area contributed by atoms with Crippen LogP contribution in [0.25, 0.3) is 16.8 Å². The first-order valence-corrected chi connectivity index (χ1v) is 11.0. The van der Waals surface area contributed by atoms with Crippen molar-refractivity contribution in [2.75, 3.05) is 17.6 Å². The van der Waals surface area contributed by atoms with E-state index in [2.05, 4.69) is 14.3 Å². The van der Waals surface area contributed by atoms with Crippen LogP contribution in [0.5, 0.6) is 6.01 Å². The van der Waals surface area contributed by atoms with Crippen molar-refractivity contribution in [2.45, 2.75) is 5.51 Å². The maximum atomic E-state index is 12.5. The lowest BCUT2D eigenvalue weighted by molar-refractivity contribution is -0.0503. The third-order valence-corrected chi connectivity index (χ3v) is 5.99. The number of nitrogens with zero attached hydrogens (tertiary/aromatic N) is 4. The zero-order valence-electron chi connectivity index (χ0n) is 14.8. The van der Waals surface area contributed by atoms with E-state index in [4.69, 9.17) is 0 Å². The summed E-state index contributed by atoms with van der Waals surface area (Å²) >= 11 is 0. The maximum absolute atomic E-state index is 12.5. The molecule has 0 aliphatic carbocycles. The number of hydrogen-bond donors (Lipinski definition) is 0. The van der Waals surface area contributed by atoms with Crippen molar-refractivity contribution in [2.24, 2.45) is 0 Å². The fourth-order valence-electron chi connectivity index (χ4n) is 2.42. The zero-order chi connectivity index (χ0) is 21.6. The number of rotatable bonds is 5. The van der Waals surface area contributed by atoms with Crippen molar-refractivity contribution in [3.8, 4) is 17.3 Å². The average Bonchev–Trinajstić information content (AvgIpc) is 3.02. The van der Waals surface area contributed by atoms with Gasteiger partial charge in [-0.05, 0) is 18.2 Å². The predicted molar refractivity (Wildman–Crippen MR) is 97.3 cm³/mol. The number of sulfonamides is 1. The predicted octanol–water partition coefficient (Wildman–Crippen LogP) is 2.02. The lowest BCUT2D eigenvalue weighted by Crippen LogP contribution is -2.29. The minimum absolute atomic E-state index is 0.277. The molecule has 14 heteroatoms. The van der Waals surface area contributed by atoms with Gasteiger partial charge in [0.25, 0.3) is 0 Å². The van der Waals surface area contributed by atoms with Crippen LogP contribution >= 0.6 is 0 Å². The zero-order valence-corrected chi connectivity index (χ0v) is 16.5. The van der Waals surface area contributed by atoms with Crippen LogP contribution < -0.4 is 8.49 Å². The molecule has 3 rings (SSSR count). The van der Waals surface area contributed by atoms with E-state index in [0.29, 0.717) is 11.1 Å². The molecule has 0 amide bonds. The van der Waals surface area contributed by atoms with Gasteiger partial charge in [-0.1, -0.05) is 18.2 Å². The highest BCUT2D eigenvalue weighted by molar-refractivity contribution is 7.92. The van der Waals surface area contributed by atoms with Gasteiger partial charge < -0.3 is 4.18 Å². The van der Waals surface area contributed by atoms with Gasteiger partial charge in [-0.15, -0.1) is 5.10 Å². The number of benzene rings is 1. The molecule has 2 aromatic heterocycles. The second-order valence-corrected chi connectivity index (χ2v) is 9.38. The number of hydrogen-bond acceptors (Lipinski definition) is 7. The molecule has 0 aliphatic rings. The van der Waals surface area contributed by atoms with Crippen molar-refractivity contribution in [3.05, 3.63) is 42.6 Å². The fourth-order valence-corrected chi connectivity index (χ4v) is 3.30. The Balaban J connectivity index is 2.14. The molecule has 0 N–H and O–H groups in total. The molecule has 29 heavy (non-hydrogen) atoms. The minimum atomic E-state index is -5.95. The second-order valence-electron chi connectivity index (χ2n) is 5.83. The Hall–Kier alpha value is -2.87. The quantitative estimate of drug-likeness (QED) is 0.432. The van der Waals surface area contributed by atoms with E-state index in [0.717, 1.165) is 21.3 Å². The van der Waals surface area contributed by atoms with Crippen LogP contribution in [0.1, 0.15) is 0 Å². The summed E-state index contributed by atoms with van der Waals surface area (Å²) in [6.07, 6.45) is 2.08. The van der Waals surface area contributed by atoms with Crippen molar-refractivity contribution >= 4 is 31.3 Å². The number of fused-ring (bicyclic) bond motifs is 1. The second kappa shape index (κ2) is 6.88. The molecule has 0 unspecified atom stereocenters. The van der Waals surface area contributed by atoms with E-state index in [9.17, 15) is 30.0 Å². The van der Waals surface area contributed by atoms with Crippen molar-refractivity contribution in [1.82, 2.24) is 14.6 Å². The molecule has 0 saturated heterocycles. The Morgan fingerprint density at radius 2 is 1.72 bits per heavy atom. The molecule has 0 aliphatic heterocycles. The Kier molecular flexibility index (Phi) is 4.94. The van der Waals surface area contributed by atoms with Gasteiger partial charge >= 0.3 is 21.6 Å². The SMILES string of the molecule is CN(c1ccccc1-c1ccc2cnc(OS(=O)(=O)C(F)(F)F)nn12)S(C)(=O)=O. The van der Waals surface area contributed by atoms with Crippen LogP contribution in [0.15, 0.2) is 42.6 Å². The summed E-state index contributed by atoms with van der Waals surface area (Å²) in [5, 5.41) is 3.71. The van der Waals surface area contributed by atoms with Crippen LogP contribution in [0.4, 0.5) is 18.9 Å². The van der Waals surface area contributed by atoms with E-state index in [1.807, 2.05) is 0 Å². The Morgan fingerprint density at radius 3 is 2.34 bits per heavy atom. The number of halogens is 3. The topological polar surface area (TPSA) is 111 Å². The molecule has 0 spiro atoms. The average molecular weight is 450 g/mol.